The molecule has 0 radical (unpaired) electrons. The molecular weight excluding hydrogens is 236 g/mol. The number of amides is 1. The third kappa shape index (κ3) is 2.98. The molecule has 1 aliphatic rings. The van der Waals surface area contributed by atoms with Crippen molar-refractivity contribution in [3.63, 3.8) is 0 Å². The van der Waals surface area contributed by atoms with E-state index >= 15 is 0 Å². The Morgan fingerprint density at radius 3 is 2.89 bits per heavy atom. The zero-order valence-electron chi connectivity index (χ0n) is 11.9. The van der Waals surface area contributed by atoms with E-state index in [1.807, 2.05) is 17.0 Å². The Morgan fingerprint density at radius 1 is 1.47 bits per heavy atom. The largest absolute Gasteiger partial charge is 0.330 e. The van der Waals surface area contributed by atoms with Crippen LogP contribution in [-0.2, 0) is 11.2 Å². The number of fused-ring (bicyclic) bond motifs is 1. The molecule has 0 aromatic heterocycles. The van der Waals surface area contributed by atoms with Gasteiger partial charge in [0.05, 0.1) is 0 Å². The van der Waals surface area contributed by atoms with E-state index in [9.17, 15) is 4.79 Å². The molecule has 104 valence electrons. The zero-order valence-corrected chi connectivity index (χ0v) is 11.9. The van der Waals surface area contributed by atoms with Gasteiger partial charge in [0.15, 0.2) is 0 Å². The summed E-state index contributed by atoms with van der Waals surface area (Å²) in [6.07, 6.45) is 3.63. The summed E-state index contributed by atoms with van der Waals surface area (Å²) in [5, 5.41) is 0. The van der Waals surface area contributed by atoms with Crippen molar-refractivity contribution >= 4 is 11.6 Å². The average molecular weight is 260 g/mol. The summed E-state index contributed by atoms with van der Waals surface area (Å²) in [4.78, 5) is 14.6. The first-order valence-corrected chi connectivity index (χ1v) is 7.27. The molecule has 2 unspecified atom stereocenters. The number of aryl methyl sites for hydroxylation is 1. The van der Waals surface area contributed by atoms with E-state index in [0.29, 0.717) is 18.9 Å². The molecule has 1 aromatic rings. The molecule has 2 atom stereocenters. The lowest BCUT2D eigenvalue weighted by Crippen LogP contribution is -2.43. The molecule has 3 heteroatoms. The highest BCUT2D eigenvalue weighted by Crippen LogP contribution is 2.31. The van der Waals surface area contributed by atoms with Crippen LogP contribution in [-0.4, -0.2) is 18.5 Å². The SMILES string of the molecule is CCC(CN)CC(=O)N1c2ccccc2CCC1C. The highest BCUT2D eigenvalue weighted by Gasteiger charge is 2.28. The highest BCUT2D eigenvalue weighted by atomic mass is 16.2. The number of nitrogens with zero attached hydrogens (tertiary/aromatic N) is 1. The molecule has 1 aromatic carbocycles. The molecule has 0 saturated carbocycles. The van der Waals surface area contributed by atoms with Crippen LogP contribution < -0.4 is 10.6 Å². The molecule has 2 rings (SSSR count). The van der Waals surface area contributed by atoms with Gasteiger partial charge in [0.1, 0.15) is 0 Å². The smallest absolute Gasteiger partial charge is 0.227 e. The van der Waals surface area contributed by atoms with Gasteiger partial charge < -0.3 is 10.6 Å². The number of carbonyl (C=O) groups excluding carboxylic acids is 1. The molecule has 1 heterocycles. The molecule has 0 aliphatic carbocycles. The Labute approximate surface area is 115 Å². The molecule has 1 aliphatic heterocycles. The van der Waals surface area contributed by atoms with Crippen molar-refractivity contribution in [1.29, 1.82) is 0 Å². The van der Waals surface area contributed by atoms with Crippen LogP contribution in [0.3, 0.4) is 0 Å². The van der Waals surface area contributed by atoms with Crippen LogP contribution in [0, 0.1) is 5.92 Å². The predicted octanol–water partition coefficient (Wildman–Crippen LogP) is 2.73. The normalized spacial score (nSPS) is 19.9. The summed E-state index contributed by atoms with van der Waals surface area (Å²) < 4.78 is 0. The Balaban J connectivity index is 2.21. The second kappa shape index (κ2) is 6.20. The van der Waals surface area contributed by atoms with Gasteiger partial charge in [-0.2, -0.15) is 0 Å². The van der Waals surface area contributed by atoms with Crippen LogP contribution in [0.5, 0.6) is 0 Å². The number of nitrogens with two attached hydrogens (primary N) is 1. The Hall–Kier alpha value is -1.35. The van der Waals surface area contributed by atoms with Gasteiger partial charge in [-0.3, -0.25) is 4.79 Å². The fourth-order valence-electron chi connectivity index (χ4n) is 2.81. The molecule has 0 spiro atoms. The molecule has 0 bridgehead atoms. The molecule has 19 heavy (non-hydrogen) atoms. The Bertz CT molecular complexity index is 440. The molecule has 2 N–H and O–H groups in total. The first kappa shape index (κ1) is 14.1. The van der Waals surface area contributed by atoms with E-state index in [1.165, 1.54) is 5.56 Å². The van der Waals surface area contributed by atoms with E-state index in [4.69, 9.17) is 5.73 Å². The van der Waals surface area contributed by atoms with Crippen LogP contribution in [0.15, 0.2) is 24.3 Å². The number of hydrogen-bond acceptors (Lipinski definition) is 2. The van der Waals surface area contributed by atoms with Gasteiger partial charge in [0.25, 0.3) is 0 Å². The van der Waals surface area contributed by atoms with Crippen molar-refractivity contribution in [2.45, 2.75) is 45.6 Å². The lowest BCUT2D eigenvalue weighted by atomic mass is 9.94. The summed E-state index contributed by atoms with van der Waals surface area (Å²) in [7, 11) is 0. The molecular formula is C16H24N2O. The lowest BCUT2D eigenvalue weighted by molar-refractivity contribution is -0.120. The fraction of sp³-hybridized carbons (Fsp3) is 0.562. The van der Waals surface area contributed by atoms with Gasteiger partial charge >= 0.3 is 0 Å². The maximum atomic E-state index is 12.6. The van der Waals surface area contributed by atoms with Crippen LogP contribution in [0.4, 0.5) is 5.69 Å². The van der Waals surface area contributed by atoms with Crippen LogP contribution in [0.1, 0.15) is 38.7 Å². The maximum Gasteiger partial charge on any atom is 0.227 e. The second-order valence-electron chi connectivity index (χ2n) is 5.49. The minimum Gasteiger partial charge on any atom is -0.330 e. The molecule has 0 fully saturated rings. The van der Waals surface area contributed by atoms with Crippen molar-refractivity contribution in [1.82, 2.24) is 0 Å². The monoisotopic (exact) mass is 260 g/mol. The zero-order chi connectivity index (χ0) is 13.8. The third-order valence-electron chi connectivity index (χ3n) is 4.17. The van der Waals surface area contributed by atoms with Crippen LogP contribution in [0.2, 0.25) is 0 Å². The van der Waals surface area contributed by atoms with E-state index in [-0.39, 0.29) is 11.9 Å². The minimum atomic E-state index is 0.219. The summed E-state index contributed by atoms with van der Waals surface area (Å²) >= 11 is 0. The first-order chi connectivity index (χ1) is 9.17. The lowest BCUT2D eigenvalue weighted by Gasteiger charge is -2.36. The van der Waals surface area contributed by atoms with E-state index in [2.05, 4.69) is 26.0 Å². The second-order valence-corrected chi connectivity index (χ2v) is 5.49. The van der Waals surface area contributed by atoms with Gasteiger partial charge in [-0.25, -0.2) is 0 Å². The van der Waals surface area contributed by atoms with E-state index in [1.54, 1.807) is 0 Å². The first-order valence-electron chi connectivity index (χ1n) is 7.27. The summed E-state index contributed by atoms with van der Waals surface area (Å²) in [6, 6.07) is 8.54. The van der Waals surface area contributed by atoms with Crippen LogP contribution >= 0.6 is 0 Å². The van der Waals surface area contributed by atoms with Gasteiger partial charge in [-0.1, -0.05) is 31.5 Å². The number of carbonyl (C=O) groups is 1. The molecule has 0 saturated heterocycles. The Morgan fingerprint density at radius 2 is 2.21 bits per heavy atom. The number of benzene rings is 1. The summed E-state index contributed by atoms with van der Waals surface area (Å²) in [6.45, 7) is 4.82. The van der Waals surface area contributed by atoms with Crippen molar-refractivity contribution in [3.05, 3.63) is 29.8 Å². The van der Waals surface area contributed by atoms with E-state index in [0.717, 1.165) is 24.9 Å². The fourth-order valence-corrected chi connectivity index (χ4v) is 2.81. The average Bonchev–Trinajstić information content (AvgIpc) is 2.44. The quantitative estimate of drug-likeness (QED) is 0.904. The minimum absolute atomic E-state index is 0.219. The topological polar surface area (TPSA) is 46.3 Å². The van der Waals surface area contributed by atoms with E-state index < -0.39 is 0 Å². The predicted molar refractivity (Wildman–Crippen MR) is 79.2 cm³/mol. The summed E-state index contributed by atoms with van der Waals surface area (Å²) in [5.41, 5.74) is 8.10. The number of hydrogen-bond donors (Lipinski definition) is 1. The molecule has 1 amide bonds. The number of anilines is 1. The van der Waals surface area contributed by atoms with Crippen LogP contribution in [0.25, 0.3) is 0 Å². The Kier molecular flexibility index (Phi) is 4.59. The summed E-state index contributed by atoms with van der Waals surface area (Å²) in [5.74, 6) is 0.519. The van der Waals surface area contributed by atoms with Crippen molar-refractivity contribution in [2.75, 3.05) is 11.4 Å². The van der Waals surface area contributed by atoms with Gasteiger partial charge in [0.2, 0.25) is 5.91 Å². The van der Waals surface area contributed by atoms with Gasteiger partial charge in [0, 0.05) is 18.2 Å². The molecule has 3 nitrogen and oxygen atoms in total. The number of para-hydroxylation sites is 1. The van der Waals surface area contributed by atoms with Crippen molar-refractivity contribution in [3.8, 4) is 0 Å². The maximum absolute atomic E-state index is 12.6. The number of rotatable bonds is 4. The van der Waals surface area contributed by atoms with Gasteiger partial charge in [-0.15, -0.1) is 0 Å². The van der Waals surface area contributed by atoms with Crippen molar-refractivity contribution < 1.29 is 4.79 Å². The van der Waals surface area contributed by atoms with Gasteiger partial charge in [-0.05, 0) is 43.9 Å². The van der Waals surface area contributed by atoms with Crippen molar-refractivity contribution in [2.24, 2.45) is 11.7 Å². The standard InChI is InChI=1S/C16H24N2O/c1-3-13(11-17)10-16(19)18-12(2)8-9-14-6-4-5-7-15(14)18/h4-7,12-13H,3,8-11,17H2,1-2H3. The third-order valence-corrected chi connectivity index (χ3v) is 4.17. The highest BCUT2D eigenvalue weighted by molar-refractivity contribution is 5.95.